The maximum absolute atomic E-state index is 10.6. The Morgan fingerprint density at radius 1 is 1.40 bits per heavy atom. The molecule has 1 aromatic carbocycles. The Bertz CT molecular complexity index is 677. The topological polar surface area (TPSA) is 101 Å². The van der Waals surface area contributed by atoms with Crippen molar-refractivity contribution in [3.63, 3.8) is 0 Å². The summed E-state index contributed by atoms with van der Waals surface area (Å²) in [6, 6.07) is 10.1. The number of aromatic nitrogens is 1. The summed E-state index contributed by atoms with van der Waals surface area (Å²) in [4.78, 5) is 13.9. The van der Waals surface area contributed by atoms with Gasteiger partial charge in [-0.15, -0.1) is 0 Å². The summed E-state index contributed by atoms with van der Waals surface area (Å²) in [6.45, 7) is 0. The van der Waals surface area contributed by atoms with Crippen LogP contribution in [0, 0.1) is 21.4 Å². The van der Waals surface area contributed by atoms with Crippen LogP contribution in [0.3, 0.4) is 0 Å². The molecular formula is C13H10N4O3. The van der Waals surface area contributed by atoms with E-state index in [0.29, 0.717) is 11.4 Å². The van der Waals surface area contributed by atoms with Crippen LogP contribution >= 0.6 is 0 Å². The molecule has 0 saturated heterocycles. The van der Waals surface area contributed by atoms with E-state index in [0.717, 1.165) is 6.20 Å². The van der Waals surface area contributed by atoms with Crippen LogP contribution in [0.4, 0.5) is 17.2 Å². The van der Waals surface area contributed by atoms with E-state index in [4.69, 9.17) is 10.00 Å². The Hall–Kier alpha value is -3.14. The standard InChI is InChI=1S/C13H10N4O3/c1-20-12-4-2-10(3-5-12)16-13-9(7-14)6-11(8-15-13)17(18)19/h2-6,8H,1H3,(H,15,16). The Morgan fingerprint density at radius 2 is 2.10 bits per heavy atom. The van der Waals surface area contributed by atoms with E-state index < -0.39 is 4.92 Å². The number of hydrogen-bond donors (Lipinski definition) is 1. The third-order valence-corrected chi connectivity index (χ3v) is 2.56. The number of nitrogens with zero attached hydrogens (tertiary/aromatic N) is 3. The van der Waals surface area contributed by atoms with Gasteiger partial charge in [0.25, 0.3) is 5.69 Å². The van der Waals surface area contributed by atoms with Gasteiger partial charge in [0.05, 0.1) is 12.0 Å². The van der Waals surface area contributed by atoms with Crippen LogP contribution in [0.15, 0.2) is 36.5 Å². The van der Waals surface area contributed by atoms with E-state index in [1.165, 1.54) is 6.07 Å². The van der Waals surface area contributed by atoms with Gasteiger partial charge in [0, 0.05) is 11.8 Å². The number of nitriles is 1. The third-order valence-electron chi connectivity index (χ3n) is 2.56. The summed E-state index contributed by atoms with van der Waals surface area (Å²) >= 11 is 0. The van der Waals surface area contributed by atoms with Crippen molar-refractivity contribution in [3.8, 4) is 11.8 Å². The van der Waals surface area contributed by atoms with Gasteiger partial charge in [0.2, 0.25) is 0 Å². The van der Waals surface area contributed by atoms with Gasteiger partial charge in [-0.1, -0.05) is 0 Å². The Balaban J connectivity index is 2.28. The van der Waals surface area contributed by atoms with Crippen LogP contribution in [-0.4, -0.2) is 17.0 Å². The number of anilines is 2. The molecule has 0 amide bonds. The van der Waals surface area contributed by atoms with Crippen LogP contribution in [0.2, 0.25) is 0 Å². The Morgan fingerprint density at radius 3 is 2.65 bits per heavy atom. The maximum atomic E-state index is 10.6. The van der Waals surface area contributed by atoms with Crippen LogP contribution in [0.1, 0.15) is 5.56 Å². The van der Waals surface area contributed by atoms with Crippen LogP contribution < -0.4 is 10.1 Å². The van der Waals surface area contributed by atoms with Crippen LogP contribution in [-0.2, 0) is 0 Å². The highest BCUT2D eigenvalue weighted by Crippen LogP contribution is 2.23. The van der Waals surface area contributed by atoms with Crippen molar-refractivity contribution in [2.45, 2.75) is 0 Å². The summed E-state index contributed by atoms with van der Waals surface area (Å²) in [6.07, 6.45) is 1.10. The fraction of sp³-hybridized carbons (Fsp3) is 0.0769. The van der Waals surface area contributed by atoms with E-state index in [2.05, 4.69) is 10.3 Å². The molecule has 0 fully saturated rings. The molecule has 0 aliphatic rings. The number of nitro groups is 1. The summed E-state index contributed by atoms with van der Waals surface area (Å²) < 4.78 is 5.04. The highest BCUT2D eigenvalue weighted by molar-refractivity contribution is 5.64. The molecule has 0 radical (unpaired) electrons. The smallest absolute Gasteiger partial charge is 0.289 e. The number of hydrogen-bond acceptors (Lipinski definition) is 6. The second kappa shape index (κ2) is 5.67. The van der Waals surface area contributed by atoms with Crippen LogP contribution in [0.5, 0.6) is 5.75 Å². The van der Waals surface area contributed by atoms with Gasteiger partial charge >= 0.3 is 0 Å². The average Bonchev–Trinajstić information content (AvgIpc) is 2.48. The van der Waals surface area contributed by atoms with Crippen molar-refractivity contribution in [2.75, 3.05) is 12.4 Å². The fourth-order valence-electron chi connectivity index (χ4n) is 1.55. The SMILES string of the molecule is COc1ccc(Nc2ncc([N+](=O)[O-])cc2C#N)cc1. The molecule has 2 aromatic rings. The number of benzene rings is 1. The van der Waals surface area contributed by atoms with Crippen molar-refractivity contribution in [1.82, 2.24) is 4.98 Å². The van der Waals surface area contributed by atoms with Crippen molar-refractivity contribution in [1.29, 1.82) is 5.26 Å². The molecule has 7 heteroatoms. The van der Waals surface area contributed by atoms with E-state index in [1.807, 2.05) is 6.07 Å². The van der Waals surface area contributed by atoms with Crippen LogP contribution in [0.25, 0.3) is 0 Å². The lowest BCUT2D eigenvalue weighted by molar-refractivity contribution is -0.385. The van der Waals surface area contributed by atoms with Crippen molar-refractivity contribution in [2.24, 2.45) is 0 Å². The molecule has 0 bridgehead atoms. The van der Waals surface area contributed by atoms with Gasteiger partial charge in [-0.2, -0.15) is 5.26 Å². The zero-order chi connectivity index (χ0) is 14.5. The molecule has 1 N–H and O–H groups in total. The quantitative estimate of drug-likeness (QED) is 0.676. The molecule has 1 aromatic heterocycles. The molecule has 100 valence electrons. The van der Waals surface area contributed by atoms with Crippen molar-refractivity contribution < 1.29 is 9.66 Å². The molecule has 0 spiro atoms. The largest absolute Gasteiger partial charge is 0.497 e. The lowest BCUT2D eigenvalue weighted by atomic mass is 10.2. The molecule has 0 aliphatic heterocycles. The number of nitrogens with one attached hydrogen (secondary N) is 1. The lowest BCUT2D eigenvalue weighted by Gasteiger charge is -2.07. The lowest BCUT2D eigenvalue weighted by Crippen LogP contribution is -1.99. The monoisotopic (exact) mass is 270 g/mol. The molecule has 0 atom stereocenters. The van der Waals surface area contributed by atoms with Gasteiger partial charge in [-0.05, 0) is 24.3 Å². The molecule has 7 nitrogen and oxygen atoms in total. The van der Waals surface area contributed by atoms with E-state index in [-0.39, 0.29) is 17.1 Å². The summed E-state index contributed by atoms with van der Waals surface area (Å²) in [7, 11) is 1.56. The van der Waals surface area contributed by atoms with Gasteiger partial charge in [0.1, 0.15) is 29.4 Å². The maximum Gasteiger partial charge on any atom is 0.289 e. The average molecular weight is 270 g/mol. The minimum absolute atomic E-state index is 0.106. The van der Waals surface area contributed by atoms with Gasteiger partial charge < -0.3 is 10.1 Å². The fourth-order valence-corrected chi connectivity index (χ4v) is 1.55. The van der Waals surface area contributed by atoms with Crippen molar-refractivity contribution >= 4 is 17.2 Å². The van der Waals surface area contributed by atoms with E-state index in [9.17, 15) is 10.1 Å². The third kappa shape index (κ3) is 2.81. The van der Waals surface area contributed by atoms with E-state index >= 15 is 0 Å². The molecule has 20 heavy (non-hydrogen) atoms. The summed E-state index contributed by atoms with van der Waals surface area (Å²) in [5.74, 6) is 0.969. The molecule has 0 aliphatic carbocycles. The molecule has 1 heterocycles. The first-order valence-corrected chi connectivity index (χ1v) is 5.59. The molecule has 0 unspecified atom stereocenters. The Labute approximate surface area is 114 Å². The first-order chi connectivity index (χ1) is 9.63. The molecule has 2 rings (SSSR count). The molecular weight excluding hydrogens is 260 g/mol. The number of methoxy groups -OCH3 is 1. The minimum atomic E-state index is -0.592. The highest BCUT2D eigenvalue weighted by atomic mass is 16.6. The van der Waals surface area contributed by atoms with E-state index in [1.54, 1.807) is 31.4 Å². The number of pyridine rings is 1. The number of rotatable bonds is 4. The first-order valence-electron chi connectivity index (χ1n) is 5.59. The zero-order valence-electron chi connectivity index (χ0n) is 10.5. The zero-order valence-corrected chi connectivity index (χ0v) is 10.5. The minimum Gasteiger partial charge on any atom is -0.497 e. The van der Waals surface area contributed by atoms with Gasteiger partial charge in [0.15, 0.2) is 0 Å². The summed E-state index contributed by atoms with van der Waals surface area (Å²) in [5.41, 5.74) is 0.584. The normalized spacial score (nSPS) is 9.60. The second-order valence-corrected chi connectivity index (χ2v) is 3.81. The molecule has 0 saturated carbocycles. The number of ether oxygens (including phenoxy) is 1. The van der Waals surface area contributed by atoms with Gasteiger partial charge in [-0.3, -0.25) is 10.1 Å². The Kier molecular flexibility index (Phi) is 3.77. The first kappa shape index (κ1) is 13.3. The van der Waals surface area contributed by atoms with Crippen molar-refractivity contribution in [3.05, 3.63) is 52.2 Å². The highest BCUT2D eigenvalue weighted by Gasteiger charge is 2.12. The second-order valence-electron chi connectivity index (χ2n) is 3.81. The van der Waals surface area contributed by atoms with Gasteiger partial charge in [-0.25, -0.2) is 4.98 Å². The predicted molar refractivity (Wildman–Crippen MR) is 71.9 cm³/mol. The summed E-state index contributed by atoms with van der Waals surface area (Å²) in [5, 5.41) is 22.6. The predicted octanol–water partition coefficient (Wildman–Crippen LogP) is 2.61.